The number of hydrogen-bond acceptors (Lipinski definition) is 7. The molecule has 35 heavy (non-hydrogen) atoms. The van der Waals surface area contributed by atoms with Crippen molar-refractivity contribution >= 4 is 27.5 Å². The number of hydrogen-bond donors (Lipinski definition) is 1. The molecule has 5 rings (SSSR count). The van der Waals surface area contributed by atoms with E-state index < -0.39 is 17.7 Å². The Bertz CT molecular complexity index is 1590. The molecule has 12 heteroatoms. The molecule has 3 heterocycles. The van der Waals surface area contributed by atoms with E-state index in [-0.39, 0.29) is 35.3 Å². The molecule has 0 saturated carbocycles. The van der Waals surface area contributed by atoms with E-state index in [9.17, 15) is 22.8 Å². The predicted octanol–water partition coefficient (Wildman–Crippen LogP) is 4.61. The highest BCUT2D eigenvalue weighted by Crippen LogP contribution is 2.31. The van der Waals surface area contributed by atoms with Crippen LogP contribution in [0.3, 0.4) is 0 Å². The zero-order valence-corrected chi connectivity index (χ0v) is 18.4. The number of fused-ring (bicyclic) bond motifs is 1. The van der Waals surface area contributed by atoms with Gasteiger partial charge in [0.1, 0.15) is 17.1 Å². The zero-order valence-electron chi connectivity index (χ0n) is 17.6. The largest absolute Gasteiger partial charge is 0.452 e. The molecular weight excluding hydrogens is 483 g/mol. The lowest BCUT2D eigenvalue weighted by Gasteiger charge is -2.10. The lowest BCUT2D eigenvalue weighted by molar-refractivity contribution is -0.137. The second kappa shape index (κ2) is 8.80. The number of alkyl halides is 3. The minimum Gasteiger partial charge on any atom is -0.452 e. The highest BCUT2D eigenvalue weighted by molar-refractivity contribution is 7.17. The van der Waals surface area contributed by atoms with Crippen molar-refractivity contribution in [1.82, 2.24) is 24.7 Å². The normalized spacial score (nSPS) is 11.6. The van der Waals surface area contributed by atoms with Gasteiger partial charge in [0.25, 0.3) is 11.4 Å². The highest BCUT2D eigenvalue weighted by Gasteiger charge is 2.31. The SMILES string of the molecule is O=C(OCc1nc2ccsc2c(=O)[nH]1)c1nc(-c2ccccc2)n(-c2cccc(C(F)(F)F)c2)n1. The van der Waals surface area contributed by atoms with Crippen molar-refractivity contribution in [3.63, 3.8) is 0 Å². The minimum absolute atomic E-state index is 0.0686. The van der Waals surface area contributed by atoms with E-state index in [1.807, 2.05) is 0 Å². The number of nitrogens with zero attached hydrogens (tertiary/aromatic N) is 4. The molecule has 0 fully saturated rings. The van der Waals surface area contributed by atoms with Crippen molar-refractivity contribution in [2.24, 2.45) is 0 Å². The summed E-state index contributed by atoms with van der Waals surface area (Å²) in [5.41, 5.74) is -0.144. The average molecular weight is 497 g/mol. The monoisotopic (exact) mass is 497 g/mol. The number of thiophene rings is 1. The molecule has 1 N–H and O–H groups in total. The average Bonchev–Trinajstić information content (AvgIpc) is 3.51. The van der Waals surface area contributed by atoms with Gasteiger partial charge in [-0.15, -0.1) is 16.4 Å². The van der Waals surface area contributed by atoms with Gasteiger partial charge in [-0.3, -0.25) is 4.79 Å². The van der Waals surface area contributed by atoms with Gasteiger partial charge in [0, 0.05) is 5.56 Å². The number of carbonyl (C=O) groups is 1. The van der Waals surface area contributed by atoms with E-state index in [2.05, 4.69) is 20.1 Å². The van der Waals surface area contributed by atoms with Crippen molar-refractivity contribution in [3.8, 4) is 17.1 Å². The molecule has 0 radical (unpaired) electrons. The summed E-state index contributed by atoms with van der Waals surface area (Å²) in [5, 5.41) is 5.84. The van der Waals surface area contributed by atoms with Crippen LogP contribution in [0.25, 0.3) is 27.3 Å². The van der Waals surface area contributed by atoms with Gasteiger partial charge in [-0.2, -0.15) is 13.2 Å². The summed E-state index contributed by atoms with van der Waals surface area (Å²) in [6.07, 6.45) is -4.56. The molecule has 0 aliphatic rings. The Balaban J connectivity index is 1.48. The minimum atomic E-state index is -4.56. The van der Waals surface area contributed by atoms with Crippen LogP contribution in [0.2, 0.25) is 0 Å². The molecule has 3 aromatic heterocycles. The lowest BCUT2D eigenvalue weighted by atomic mass is 10.2. The van der Waals surface area contributed by atoms with Gasteiger partial charge in [0.2, 0.25) is 0 Å². The Labute approximate surface area is 198 Å². The van der Waals surface area contributed by atoms with Crippen molar-refractivity contribution in [1.29, 1.82) is 0 Å². The Kier molecular flexibility index (Phi) is 5.65. The smallest absolute Gasteiger partial charge is 0.416 e. The van der Waals surface area contributed by atoms with Crippen molar-refractivity contribution < 1.29 is 22.7 Å². The van der Waals surface area contributed by atoms with Crippen LogP contribution in [0.5, 0.6) is 0 Å². The fraction of sp³-hybridized carbons (Fsp3) is 0.0870. The first kappa shape index (κ1) is 22.5. The first-order chi connectivity index (χ1) is 16.8. The number of ether oxygens (including phenoxy) is 1. The summed E-state index contributed by atoms with van der Waals surface area (Å²) in [6.45, 7) is -0.349. The Morgan fingerprint density at radius 2 is 1.86 bits per heavy atom. The van der Waals surface area contributed by atoms with Gasteiger partial charge in [-0.1, -0.05) is 36.4 Å². The topological polar surface area (TPSA) is 103 Å². The van der Waals surface area contributed by atoms with Crippen LogP contribution in [0.4, 0.5) is 13.2 Å². The number of nitrogens with one attached hydrogen (secondary N) is 1. The summed E-state index contributed by atoms with van der Waals surface area (Å²) in [6, 6.07) is 14.8. The summed E-state index contributed by atoms with van der Waals surface area (Å²) in [7, 11) is 0. The second-order valence-corrected chi connectivity index (χ2v) is 8.22. The molecular formula is C23H14F3N5O3S. The maximum atomic E-state index is 13.3. The van der Waals surface area contributed by atoms with Crippen molar-refractivity contribution in [2.45, 2.75) is 12.8 Å². The van der Waals surface area contributed by atoms with Crippen molar-refractivity contribution in [3.05, 3.63) is 93.6 Å². The molecule has 176 valence electrons. The number of aromatic nitrogens is 5. The molecule has 0 atom stereocenters. The summed E-state index contributed by atoms with van der Waals surface area (Å²) < 4.78 is 46.6. The Morgan fingerprint density at radius 1 is 1.06 bits per heavy atom. The van der Waals surface area contributed by atoms with E-state index in [0.29, 0.717) is 15.8 Å². The molecule has 5 aromatic rings. The number of aromatic amines is 1. The number of benzene rings is 2. The number of esters is 1. The predicted molar refractivity (Wildman–Crippen MR) is 121 cm³/mol. The van der Waals surface area contributed by atoms with Crippen molar-refractivity contribution in [2.75, 3.05) is 0 Å². The number of carbonyl (C=O) groups excluding carboxylic acids is 1. The van der Waals surface area contributed by atoms with Crippen LogP contribution in [0.15, 0.2) is 70.8 Å². The van der Waals surface area contributed by atoms with E-state index >= 15 is 0 Å². The number of H-pyrrole nitrogens is 1. The summed E-state index contributed by atoms with van der Waals surface area (Å²) >= 11 is 1.24. The maximum absolute atomic E-state index is 13.3. The Morgan fingerprint density at radius 3 is 2.63 bits per heavy atom. The molecule has 0 aliphatic heterocycles. The maximum Gasteiger partial charge on any atom is 0.416 e. The van der Waals surface area contributed by atoms with Crippen LogP contribution in [0, 0.1) is 0 Å². The van der Waals surface area contributed by atoms with Gasteiger partial charge in [-0.25, -0.2) is 19.4 Å². The molecule has 0 unspecified atom stereocenters. The Hall–Kier alpha value is -4.32. The van der Waals surface area contributed by atoms with E-state index in [4.69, 9.17) is 4.74 Å². The third kappa shape index (κ3) is 4.55. The number of rotatable bonds is 5. The van der Waals surface area contributed by atoms with Gasteiger partial charge >= 0.3 is 12.1 Å². The first-order valence-electron chi connectivity index (χ1n) is 10.1. The molecule has 8 nitrogen and oxygen atoms in total. The van der Waals surface area contributed by atoms with Gasteiger partial charge in [0.05, 0.1) is 16.8 Å². The fourth-order valence-corrected chi connectivity index (χ4v) is 4.08. The first-order valence-corrected chi connectivity index (χ1v) is 11.0. The van der Waals surface area contributed by atoms with Crippen LogP contribution >= 0.6 is 11.3 Å². The number of halogens is 3. The summed E-state index contributed by atoms with van der Waals surface area (Å²) in [5.74, 6) is -1.00. The molecule has 0 amide bonds. The van der Waals surface area contributed by atoms with Gasteiger partial charge < -0.3 is 9.72 Å². The van der Waals surface area contributed by atoms with E-state index in [1.165, 1.54) is 23.5 Å². The van der Waals surface area contributed by atoms with Gasteiger partial charge in [-0.05, 0) is 29.6 Å². The standard InChI is InChI=1S/C23H14F3N5O3S/c24-23(25,26)14-7-4-8-15(11-14)31-20(13-5-2-1-3-6-13)29-19(30-31)22(33)34-12-17-27-16-9-10-35-18(16)21(32)28-17/h1-11H,12H2,(H,27,28,32). The van der Waals surface area contributed by atoms with Crippen LogP contribution in [0.1, 0.15) is 22.0 Å². The van der Waals surface area contributed by atoms with Gasteiger partial charge in [0.15, 0.2) is 5.82 Å². The van der Waals surface area contributed by atoms with Crippen LogP contribution in [-0.4, -0.2) is 30.7 Å². The van der Waals surface area contributed by atoms with E-state index in [1.54, 1.807) is 41.8 Å². The fourth-order valence-electron chi connectivity index (χ4n) is 3.36. The van der Waals surface area contributed by atoms with Crippen LogP contribution in [-0.2, 0) is 17.5 Å². The highest BCUT2D eigenvalue weighted by atomic mass is 32.1. The third-order valence-electron chi connectivity index (χ3n) is 4.94. The zero-order chi connectivity index (χ0) is 24.6. The summed E-state index contributed by atoms with van der Waals surface area (Å²) in [4.78, 5) is 35.8. The molecule has 0 aliphatic carbocycles. The lowest BCUT2D eigenvalue weighted by Crippen LogP contribution is -2.14. The molecule has 0 bridgehead atoms. The molecule has 2 aromatic carbocycles. The van der Waals surface area contributed by atoms with E-state index in [0.717, 1.165) is 16.8 Å². The molecule has 0 spiro atoms. The van der Waals surface area contributed by atoms with Crippen LogP contribution < -0.4 is 5.56 Å². The molecule has 0 saturated heterocycles. The second-order valence-electron chi connectivity index (χ2n) is 7.31. The third-order valence-corrected chi connectivity index (χ3v) is 5.85. The quantitative estimate of drug-likeness (QED) is 0.356.